The standard InChI is InChI=1S/C18H19N3O4/c1-12-3-6-17(25-2)15(9-12)19-18(22)11-20-8-7-13-10-14(21(23)24)4-5-16(13)20/h3-6,9-10H,7-8,11H2,1-2H3,(H,19,22). The van der Waals surface area contributed by atoms with Gasteiger partial charge in [0.05, 0.1) is 24.3 Å². The summed E-state index contributed by atoms with van der Waals surface area (Å²) in [6, 6.07) is 10.3. The molecule has 0 fully saturated rings. The molecule has 1 heterocycles. The van der Waals surface area contributed by atoms with E-state index in [9.17, 15) is 14.9 Å². The van der Waals surface area contributed by atoms with Gasteiger partial charge in [-0.3, -0.25) is 14.9 Å². The molecule has 0 radical (unpaired) electrons. The molecular weight excluding hydrogens is 322 g/mol. The number of nitro benzene ring substituents is 1. The number of nitrogens with one attached hydrogen (secondary N) is 1. The number of hydrogen-bond donors (Lipinski definition) is 1. The number of fused-ring (bicyclic) bond motifs is 1. The van der Waals surface area contributed by atoms with Crippen molar-refractivity contribution in [3.8, 4) is 5.75 Å². The van der Waals surface area contributed by atoms with Crippen molar-refractivity contribution in [2.24, 2.45) is 0 Å². The lowest BCUT2D eigenvalue weighted by molar-refractivity contribution is -0.384. The summed E-state index contributed by atoms with van der Waals surface area (Å²) in [7, 11) is 1.56. The average molecular weight is 341 g/mol. The lowest BCUT2D eigenvalue weighted by atomic mass is 10.1. The molecule has 0 unspecified atom stereocenters. The summed E-state index contributed by atoms with van der Waals surface area (Å²) in [5.41, 5.74) is 3.51. The van der Waals surface area contributed by atoms with E-state index in [0.717, 1.165) is 16.8 Å². The molecule has 0 saturated heterocycles. The van der Waals surface area contributed by atoms with Gasteiger partial charge in [-0.25, -0.2) is 0 Å². The van der Waals surface area contributed by atoms with Crippen LogP contribution in [0, 0.1) is 17.0 Å². The Kier molecular flexibility index (Phi) is 4.56. The third-order valence-corrected chi connectivity index (χ3v) is 4.23. The van der Waals surface area contributed by atoms with Crippen LogP contribution in [-0.2, 0) is 11.2 Å². The number of benzene rings is 2. The van der Waals surface area contributed by atoms with Crippen LogP contribution >= 0.6 is 0 Å². The van der Waals surface area contributed by atoms with Gasteiger partial charge in [0.1, 0.15) is 5.75 Å². The van der Waals surface area contributed by atoms with Crippen molar-refractivity contribution in [1.29, 1.82) is 0 Å². The maximum Gasteiger partial charge on any atom is 0.269 e. The predicted octanol–water partition coefficient (Wildman–Crippen LogP) is 2.91. The van der Waals surface area contributed by atoms with Gasteiger partial charge in [-0.2, -0.15) is 0 Å². The molecule has 0 bridgehead atoms. The first-order valence-electron chi connectivity index (χ1n) is 7.94. The lowest BCUT2D eigenvalue weighted by Gasteiger charge is -2.19. The van der Waals surface area contributed by atoms with E-state index in [-0.39, 0.29) is 18.1 Å². The number of anilines is 2. The molecule has 0 spiro atoms. The summed E-state index contributed by atoms with van der Waals surface area (Å²) in [4.78, 5) is 24.8. The third-order valence-electron chi connectivity index (χ3n) is 4.23. The Morgan fingerprint density at radius 2 is 2.12 bits per heavy atom. The van der Waals surface area contributed by atoms with Crippen LogP contribution in [0.5, 0.6) is 5.75 Å². The second kappa shape index (κ2) is 6.80. The molecule has 3 rings (SSSR count). The first-order chi connectivity index (χ1) is 12.0. The largest absolute Gasteiger partial charge is 0.495 e. The zero-order valence-corrected chi connectivity index (χ0v) is 14.1. The summed E-state index contributed by atoms with van der Waals surface area (Å²) in [6.07, 6.45) is 0.693. The Bertz CT molecular complexity index is 835. The van der Waals surface area contributed by atoms with Gasteiger partial charge >= 0.3 is 0 Å². The molecule has 0 atom stereocenters. The van der Waals surface area contributed by atoms with Crippen molar-refractivity contribution < 1.29 is 14.5 Å². The molecule has 7 nitrogen and oxygen atoms in total. The summed E-state index contributed by atoms with van der Waals surface area (Å²) in [6.45, 7) is 2.79. The number of ether oxygens (including phenoxy) is 1. The highest BCUT2D eigenvalue weighted by Gasteiger charge is 2.23. The van der Waals surface area contributed by atoms with Crippen LogP contribution in [0.4, 0.5) is 17.1 Å². The van der Waals surface area contributed by atoms with Crippen LogP contribution in [0.1, 0.15) is 11.1 Å². The van der Waals surface area contributed by atoms with Crippen LogP contribution in [0.15, 0.2) is 36.4 Å². The molecular formula is C18H19N3O4. The summed E-state index contributed by atoms with van der Waals surface area (Å²) < 4.78 is 5.27. The average Bonchev–Trinajstić information content (AvgIpc) is 2.97. The number of carbonyl (C=O) groups is 1. The SMILES string of the molecule is COc1ccc(C)cc1NC(=O)CN1CCc2cc([N+](=O)[O-])ccc21. The normalized spacial score (nSPS) is 12.6. The lowest BCUT2D eigenvalue weighted by Crippen LogP contribution is -2.32. The van der Waals surface area contributed by atoms with E-state index in [4.69, 9.17) is 4.74 Å². The van der Waals surface area contributed by atoms with Gasteiger partial charge in [0.2, 0.25) is 5.91 Å². The molecule has 2 aromatic rings. The van der Waals surface area contributed by atoms with E-state index in [0.29, 0.717) is 24.4 Å². The maximum absolute atomic E-state index is 12.4. The number of non-ortho nitro benzene ring substituents is 1. The highest BCUT2D eigenvalue weighted by molar-refractivity contribution is 5.95. The quantitative estimate of drug-likeness (QED) is 0.668. The van der Waals surface area contributed by atoms with E-state index in [1.54, 1.807) is 19.2 Å². The molecule has 1 aliphatic rings. The number of hydrogen-bond acceptors (Lipinski definition) is 5. The third kappa shape index (κ3) is 3.55. The fourth-order valence-electron chi connectivity index (χ4n) is 3.02. The highest BCUT2D eigenvalue weighted by atomic mass is 16.6. The number of methoxy groups -OCH3 is 1. The number of nitro groups is 1. The molecule has 0 aromatic heterocycles. The van der Waals surface area contributed by atoms with Gasteiger partial charge in [0.15, 0.2) is 0 Å². The number of amides is 1. The van der Waals surface area contributed by atoms with Crippen molar-refractivity contribution >= 4 is 23.0 Å². The molecule has 0 saturated carbocycles. The van der Waals surface area contributed by atoms with Crippen molar-refractivity contribution in [3.63, 3.8) is 0 Å². The Morgan fingerprint density at radius 1 is 1.32 bits per heavy atom. The van der Waals surface area contributed by atoms with Gasteiger partial charge in [0.25, 0.3) is 5.69 Å². The van der Waals surface area contributed by atoms with Crippen LogP contribution in [0.3, 0.4) is 0 Å². The molecule has 1 amide bonds. The van der Waals surface area contributed by atoms with Gasteiger partial charge in [0, 0.05) is 24.4 Å². The van der Waals surface area contributed by atoms with Crippen molar-refractivity contribution in [2.45, 2.75) is 13.3 Å². The van der Waals surface area contributed by atoms with Crippen LogP contribution in [0.2, 0.25) is 0 Å². The van der Waals surface area contributed by atoms with Crippen LogP contribution in [0.25, 0.3) is 0 Å². The minimum atomic E-state index is -0.403. The second-order valence-corrected chi connectivity index (χ2v) is 5.99. The van der Waals surface area contributed by atoms with Gasteiger partial charge in [-0.05, 0) is 42.7 Å². The minimum absolute atomic E-state index is 0.0783. The zero-order valence-electron chi connectivity index (χ0n) is 14.1. The van der Waals surface area contributed by atoms with E-state index in [1.807, 2.05) is 30.0 Å². The Hall–Kier alpha value is -3.09. The van der Waals surface area contributed by atoms with E-state index < -0.39 is 4.92 Å². The van der Waals surface area contributed by atoms with Crippen molar-refractivity contribution in [1.82, 2.24) is 0 Å². The fourth-order valence-corrected chi connectivity index (χ4v) is 3.02. The molecule has 1 N–H and O–H groups in total. The smallest absolute Gasteiger partial charge is 0.269 e. The Morgan fingerprint density at radius 3 is 2.84 bits per heavy atom. The van der Waals surface area contributed by atoms with E-state index in [2.05, 4.69) is 5.32 Å². The predicted molar refractivity (Wildman–Crippen MR) is 95.4 cm³/mol. The number of carbonyl (C=O) groups excluding carboxylic acids is 1. The summed E-state index contributed by atoms with van der Waals surface area (Å²) >= 11 is 0. The number of aryl methyl sites for hydroxylation is 1. The molecule has 2 aromatic carbocycles. The fraction of sp³-hybridized carbons (Fsp3) is 0.278. The minimum Gasteiger partial charge on any atom is -0.495 e. The number of rotatable bonds is 5. The van der Waals surface area contributed by atoms with Crippen LogP contribution in [-0.4, -0.2) is 31.0 Å². The van der Waals surface area contributed by atoms with Gasteiger partial charge in [-0.15, -0.1) is 0 Å². The number of nitrogens with zero attached hydrogens (tertiary/aromatic N) is 2. The van der Waals surface area contributed by atoms with Gasteiger partial charge < -0.3 is 15.0 Å². The highest BCUT2D eigenvalue weighted by Crippen LogP contribution is 2.31. The first-order valence-corrected chi connectivity index (χ1v) is 7.94. The van der Waals surface area contributed by atoms with Crippen molar-refractivity contribution in [2.75, 3.05) is 30.4 Å². The first kappa shape index (κ1) is 16.8. The molecule has 130 valence electrons. The molecule has 1 aliphatic heterocycles. The molecule has 25 heavy (non-hydrogen) atoms. The van der Waals surface area contributed by atoms with Gasteiger partial charge in [-0.1, -0.05) is 6.07 Å². The summed E-state index contributed by atoms with van der Waals surface area (Å²) in [5.74, 6) is 0.450. The topological polar surface area (TPSA) is 84.7 Å². The van der Waals surface area contributed by atoms with E-state index >= 15 is 0 Å². The zero-order chi connectivity index (χ0) is 18.0. The van der Waals surface area contributed by atoms with Crippen LogP contribution < -0.4 is 15.0 Å². The summed E-state index contributed by atoms with van der Waals surface area (Å²) in [5, 5.41) is 13.7. The van der Waals surface area contributed by atoms with Crippen molar-refractivity contribution in [3.05, 3.63) is 57.6 Å². The van der Waals surface area contributed by atoms with E-state index in [1.165, 1.54) is 6.07 Å². The molecule has 0 aliphatic carbocycles. The maximum atomic E-state index is 12.4. The Balaban J connectivity index is 1.72. The monoisotopic (exact) mass is 341 g/mol. The molecule has 7 heteroatoms. The Labute approximate surface area is 145 Å². The second-order valence-electron chi connectivity index (χ2n) is 5.99.